The predicted octanol–water partition coefficient (Wildman–Crippen LogP) is 3.29. The number of hydrogen-bond donors (Lipinski definition) is 2. The van der Waals surface area contributed by atoms with Gasteiger partial charge in [0.2, 0.25) is 0 Å². The van der Waals surface area contributed by atoms with E-state index in [-0.39, 0.29) is 30.7 Å². The van der Waals surface area contributed by atoms with Crippen molar-refractivity contribution in [3.63, 3.8) is 0 Å². The van der Waals surface area contributed by atoms with Crippen LogP contribution in [-0.2, 0) is 14.4 Å². The maximum atomic E-state index is 12.9. The Morgan fingerprint density at radius 3 is 2.23 bits per heavy atom. The quantitative estimate of drug-likeness (QED) is 0.413. The number of nitrogens with zero attached hydrogens (tertiary/aromatic N) is 1. The van der Waals surface area contributed by atoms with E-state index in [1.54, 1.807) is 48.5 Å². The van der Waals surface area contributed by atoms with Gasteiger partial charge in [-0.2, -0.15) is 0 Å². The number of carboxylic acids is 1. The Morgan fingerprint density at radius 1 is 1.03 bits per heavy atom. The van der Waals surface area contributed by atoms with Crippen molar-refractivity contribution in [3.8, 4) is 5.75 Å². The maximum Gasteiger partial charge on any atom is 0.303 e. The second kappa shape index (κ2) is 8.82. The molecule has 2 aromatic carbocycles. The molecule has 0 radical (unpaired) electrons. The molecule has 1 aliphatic heterocycles. The Bertz CT molecular complexity index is 991. The third kappa shape index (κ3) is 4.20. The van der Waals surface area contributed by atoms with Crippen molar-refractivity contribution in [2.75, 3.05) is 13.7 Å². The maximum absolute atomic E-state index is 12.9. The Morgan fingerprint density at radius 2 is 1.67 bits per heavy atom. The van der Waals surface area contributed by atoms with Gasteiger partial charge in [-0.05, 0) is 31.0 Å². The molecule has 1 amide bonds. The number of aliphatic carboxylic acids is 1. The van der Waals surface area contributed by atoms with Crippen LogP contribution in [0, 0.1) is 6.92 Å². The molecular weight excluding hydrogens is 386 g/mol. The van der Waals surface area contributed by atoms with Crippen molar-refractivity contribution in [1.82, 2.24) is 4.90 Å². The SMILES string of the molecule is COc1ccc(C2/C(=C(\O)c3ccc(C)cc3)C(=O)C(=O)N2CCCC(=O)O)cc1. The van der Waals surface area contributed by atoms with Crippen LogP contribution in [0.25, 0.3) is 5.76 Å². The molecule has 3 rings (SSSR count). The van der Waals surface area contributed by atoms with E-state index in [1.807, 2.05) is 6.92 Å². The first-order chi connectivity index (χ1) is 14.3. The second-order valence-corrected chi connectivity index (χ2v) is 7.13. The number of rotatable bonds is 7. The van der Waals surface area contributed by atoms with Gasteiger partial charge in [-0.25, -0.2) is 0 Å². The minimum absolute atomic E-state index is 0.00987. The number of ketones is 1. The van der Waals surface area contributed by atoms with Crippen LogP contribution >= 0.6 is 0 Å². The van der Waals surface area contributed by atoms with E-state index in [0.29, 0.717) is 16.9 Å². The lowest BCUT2D eigenvalue weighted by atomic mass is 9.95. The summed E-state index contributed by atoms with van der Waals surface area (Å²) in [4.78, 5) is 37.8. The molecule has 30 heavy (non-hydrogen) atoms. The molecule has 0 saturated carbocycles. The van der Waals surface area contributed by atoms with Gasteiger partial charge >= 0.3 is 5.97 Å². The number of benzene rings is 2. The first-order valence-corrected chi connectivity index (χ1v) is 9.54. The molecule has 1 saturated heterocycles. The van der Waals surface area contributed by atoms with Crippen molar-refractivity contribution in [2.45, 2.75) is 25.8 Å². The van der Waals surface area contributed by atoms with Crippen LogP contribution in [0.3, 0.4) is 0 Å². The van der Waals surface area contributed by atoms with Gasteiger partial charge in [-0.15, -0.1) is 0 Å². The van der Waals surface area contributed by atoms with Gasteiger partial charge < -0.3 is 19.8 Å². The largest absolute Gasteiger partial charge is 0.507 e. The lowest BCUT2D eigenvalue weighted by Crippen LogP contribution is -2.31. The molecule has 1 atom stereocenters. The lowest BCUT2D eigenvalue weighted by Gasteiger charge is -2.25. The van der Waals surface area contributed by atoms with Crippen LogP contribution in [0.1, 0.15) is 35.6 Å². The third-order valence-electron chi connectivity index (χ3n) is 5.09. The Balaban J connectivity index is 2.08. The highest BCUT2D eigenvalue weighted by atomic mass is 16.5. The van der Waals surface area contributed by atoms with Crippen LogP contribution in [0.5, 0.6) is 5.75 Å². The van der Waals surface area contributed by atoms with Crippen molar-refractivity contribution < 1.29 is 29.3 Å². The van der Waals surface area contributed by atoms with E-state index in [9.17, 15) is 19.5 Å². The number of hydrogen-bond acceptors (Lipinski definition) is 5. The summed E-state index contributed by atoms with van der Waals surface area (Å²) in [5.74, 6) is -2.17. The molecule has 0 aliphatic carbocycles. The highest BCUT2D eigenvalue weighted by Crippen LogP contribution is 2.40. The fourth-order valence-electron chi connectivity index (χ4n) is 3.51. The number of carbonyl (C=O) groups is 3. The topological polar surface area (TPSA) is 104 Å². The number of carboxylic acid groups (broad SMARTS) is 1. The summed E-state index contributed by atoms with van der Waals surface area (Å²) in [7, 11) is 1.53. The average Bonchev–Trinajstić information content (AvgIpc) is 2.98. The highest BCUT2D eigenvalue weighted by molar-refractivity contribution is 6.46. The van der Waals surface area contributed by atoms with Crippen LogP contribution in [0.15, 0.2) is 54.1 Å². The molecule has 0 bridgehead atoms. The van der Waals surface area contributed by atoms with Crippen molar-refractivity contribution in [3.05, 3.63) is 70.8 Å². The van der Waals surface area contributed by atoms with Gasteiger partial charge in [0.05, 0.1) is 18.7 Å². The van der Waals surface area contributed by atoms with Gasteiger partial charge in [0.15, 0.2) is 0 Å². The molecule has 2 aromatic rings. The van der Waals surface area contributed by atoms with Crippen molar-refractivity contribution in [1.29, 1.82) is 0 Å². The van der Waals surface area contributed by atoms with Gasteiger partial charge in [-0.3, -0.25) is 14.4 Å². The number of aliphatic hydroxyl groups excluding tert-OH is 1. The summed E-state index contributed by atoms with van der Waals surface area (Å²) >= 11 is 0. The molecule has 1 aliphatic rings. The zero-order chi connectivity index (χ0) is 21.8. The normalized spacial score (nSPS) is 17.9. The fourth-order valence-corrected chi connectivity index (χ4v) is 3.51. The number of likely N-dealkylation sites (tertiary alicyclic amines) is 1. The van der Waals surface area contributed by atoms with E-state index in [2.05, 4.69) is 0 Å². The number of aryl methyl sites for hydroxylation is 1. The molecule has 7 heteroatoms. The first kappa shape index (κ1) is 21.1. The molecule has 1 unspecified atom stereocenters. The summed E-state index contributed by atoms with van der Waals surface area (Å²) < 4.78 is 5.17. The molecule has 2 N–H and O–H groups in total. The van der Waals surface area contributed by atoms with E-state index in [4.69, 9.17) is 9.84 Å². The van der Waals surface area contributed by atoms with E-state index in [1.165, 1.54) is 12.0 Å². The molecule has 7 nitrogen and oxygen atoms in total. The molecular formula is C23H23NO6. The molecule has 156 valence electrons. The van der Waals surface area contributed by atoms with Crippen molar-refractivity contribution >= 4 is 23.4 Å². The van der Waals surface area contributed by atoms with E-state index < -0.39 is 23.7 Å². The molecule has 1 fully saturated rings. The van der Waals surface area contributed by atoms with Crippen LogP contribution in [0.2, 0.25) is 0 Å². The Kier molecular flexibility index (Phi) is 6.20. The van der Waals surface area contributed by atoms with Gasteiger partial charge in [0, 0.05) is 18.5 Å². The van der Waals surface area contributed by atoms with E-state index in [0.717, 1.165) is 5.56 Å². The fraction of sp³-hybridized carbons (Fsp3) is 0.261. The summed E-state index contributed by atoms with van der Waals surface area (Å²) in [5, 5.41) is 19.8. The summed E-state index contributed by atoms with van der Waals surface area (Å²) in [6, 6.07) is 13.0. The lowest BCUT2D eigenvalue weighted by molar-refractivity contribution is -0.140. The van der Waals surface area contributed by atoms with Crippen LogP contribution in [0.4, 0.5) is 0 Å². The van der Waals surface area contributed by atoms with Gasteiger partial charge in [-0.1, -0.05) is 42.0 Å². The number of methoxy groups -OCH3 is 1. The number of amides is 1. The second-order valence-electron chi connectivity index (χ2n) is 7.13. The Labute approximate surface area is 174 Å². The minimum atomic E-state index is -0.979. The van der Waals surface area contributed by atoms with Gasteiger partial charge in [0.25, 0.3) is 11.7 Å². The number of carbonyl (C=O) groups excluding carboxylic acids is 2. The zero-order valence-electron chi connectivity index (χ0n) is 16.8. The Hall–Kier alpha value is -3.61. The van der Waals surface area contributed by atoms with E-state index >= 15 is 0 Å². The van der Waals surface area contributed by atoms with Gasteiger partial charge in [0.1, 0.15) is 11.5 Å². The molecule has 0 spiro atoms. The summed E-state index contributed by atoms with van der Waals surface area (Å²) in [5.41, 5.74) is 2.04. The first-order valence-electron chi connectivity index (χ1n) is 9.54. The average molecular weight is 409 g/mol. The highest BCUT2D eigenvalue weighted by Gasteiger charge is 2.45. The molecule has 1 heterocycles. The third-order valence-corrected chi connectivity index (χ3v) is 5.09. The molecule has 0 aromatic heterocycles. The summed E-state index contributed by atoms with van der Waals surface area (Å²) in [6.07, 6.45) is 0.0654. The standard InChI is InChI=1S/C23H23NO6/c1-14-5-7-16(8-6-14)21(27)19-20(15-9-11-17(30-2)12-10-15)24(23(29)22(19)28)13-3-4-18(25)26/h5-12,20,27H,3-4,13H2,1-2H3,(H,25,26)/b21-19+. The summed E-state index contributed by atoms with van der Waals surface area (Å²) in [6.45, 7) is 1.99. The monoisotopic (exact) mass is 409 g/mol. The minimum Gasteiger partial charge on any atom is -0.507 e. The van der Waals surface area contributed by atoms with Crippen molar-refractivity contribution in [2.24, 2.45) is 0 Å². The number of ether oxygens (including phenoxy) is 1. The predicted molar refractivity (Wildman–Crippen MR) is 110 cm³/mol. The van der Waals surface area contributed by atoms with Crippen LogP contribution < -0.4 is 4.74 Å². The number of Topliss-reactive ketones (excluding diaryl/α,β-unsaturated/α-hetero) is 1. The number of aliphatic hydroxyl groups is 1. The zero-order valence-corrected chi connectivity index (χ0v) is 16.8. The van der Waals surface area contributed by atoms with Crippen LogP contribution in [-0.4, -0.2) is 46.4 Å². The smallest absolute Gasteiger partial charge is 0.303 e.